The summed E-state index contributed by atoms with van der Waals surface area (Å²) < 4.78 is 0. The molecule has 1 fully saturated rings. The van der Waals surface area contributed by atoms with E-state index in [1.807, 2.05) is 26.0 Å². The topological polar surface area (TPSA) is 45.2 Å². The number of nitrogens with zero attached hydrogens (tertiary/aromatic N) is 2. The largest absolute Gasteiger partial charge is 0.324 e. The number of benzene rings is 1. The Balaban J connectivity index is 1.89. The molecule has 1 aromatic heterocycles. The van der Waals surface area contributed by atoms with Crippen molar-refractivity contribution in [1.29, 1.82) is 0 Å². The van der Waals surface area contributed by atoms with E-state index in [-0.39, 0.29) is 11.8 Å². The Morgan fingerprint density at radius 1 is 1.12 bits per heavy atom. The summed E-state index contributed by atoms with van der Waals surface area (Å²) in [5.41, 5.74) is 3.94. The van der Waals surface area contributed by atoms with E-state index in [1.54, 1.807) is 6.20 Å². The summed E-state index contributed by atoms with van der Waals surface area (Å²) in [4.78, 5) is 19.2. The molecule has 0 radical (unpaired) electrons. The smallest absolute Gasteiger partial charge is 0.226 e. The van der Waals surface area contributed by atoms with Crippen LogP contribution in [-0.2, 0) is 4.79 Å². The third kappa shape index (κ3) is 4.07. The summed E-state index contributed by atoms with van der Waals surface area (Å²) in [6.45, 7) is 8.40. The fourth-order valence-corrected chi connectivity index (χ4v) is 3.30. The van der Waals surface area contributed by atoms with Gasteiger partial charge in [0, 0.05) is 23.7 Å². The lowest BCUT2D eigenvalue weighted by Crippen LogP contribution is -2.23. The van der Waals surface area contributed by atoms with Crippen molar-refractivity contribution in [3.05, 3.63) is 48.2 Å². The van der Waals surface area contributed by atoms with Gasteiger partial charge in [0.05, 0.1) is 11.4 Å². The second-order valence-electron chi connectivity index (χ2n) is 7.09. The lowest BCUT2D eigenvalue weighted by atomic mass is 10.0. The van der Waals surface area contributed by atoms with Gasteiger partial charge in [0.25, 0.3) is 0 Å². The van der Waals surface area contributed by atoms with Crippen LogP contribution in [0.5, 0.6) is 0 Å². The zero-order chi connectivity index (χ0) is 17.8. The van der Waals surface area contributed by atoms with Crippen LogP contribution >= 0.6 is 0 Å². The van der Waals surface area contributed by atoms with Gasteiger partial charge in [-0.1, -0.05) is 32.0 Å². The fraction of sp³-hybridized carbons (Fsp3) is 0.429. The van der Waals surface area contributed by atoms with Crippen molar-refractivity contribution in [3.63, 3.8) is 0 Å². The minimum Gasteiger partial charge on any atom is -0.324 e. The zero-order valence-corrected chi connectivity index (χ0v) is 15.3. The number of amides is 1. The van der Waals surface area contributed by atoms with Gasteiger partial charge in [-0.3, -0.25) is 14.7 Å². The fourth-order valence-electron chi connectivity index (χ4n) is 3.30. The number of hydrogen-bond acceptors (Lipinski definition) is 3. The molecule has 0 aliphatic carbocycles. The molecule has 0 saturated carbocycles. The molecule has 0 unspecified atom stereocenters. The summed E-state index contributed by atoms with van der Waals surface area (Å²) >= 11 is 0. The van der Waals surface area contributed by atoms with Gasteiger partial charge in [-0.15, -0.1) is 0 Å². The predicted octanol–water partition coefficient (Wildman–Crippen LogP) is 4.50. The van der Waals surface area contributed by atoms with Crippen molar-refractivity contribution >= 4 is 11.6 Å². The highest BCUT2D eigenvalue weighted by Crippen LogP contribution is 2.30. The molecule has 2 aromatic rings. The highest BCUT2D eigenvalue weighted by molar-refractivity contribution is 5.95. The molecule has 0 bridgehead atoms. The summed E-state index contributed by atoms with van der Waals surface area (Å²) in [6, 6.07) is 12.7. The summed E-state index contributed by atoms with van der Waals surface area (Å²) in [5, 5.41) is 3.00. The molecule has 1 amide bonds. The summed E-state index contributed by atoms with van der Waals surface area (Å²) in [6.07, 6.45) is 4.35. The van der Waals surface area contributed by atoms with Gasteiger partial charge in [-0.25, -0.2) is 0 Å². The lowest BCUT2D eigenvalue weighted by Gasteiger charge is -2.24. The second kappa shape index (κ2) is 7.79. The van der Waals surface area contributed by atoms with Gasteiger partial charge in [-0.05, 0) is 56.6 Å². The Bertz CT molecular complexity index is 735. The van der Waals surface area contributed by atoms with Crippen LogP contribution < -0.4 is 5.32 Å². The number of pyridine rings is 1. The van der Waals surface area contributed by atoms with Gasteiger partial charge in [0.15, 0.2) is 0 Å². The van der Waals surface area contributed by atoms with Crippen LogP contribution in [0.3, 0.4) is 0 Å². The minimum absolute atomic E-state index is 0.0100. The molecule has 132 valence electrons. The number of rotatable bonds is 5. The maximum Gasteiger partial charge on any atom is 0.226 e. The number of nitrogens with one attached hydrogen (secondary N) is 1. The van der Waals surface area contributed by atoms with E-state index >= 15 is 0 Å². The maximum absolute atomic E-state index is 12.1. The van der Waals surface area contributed by atoms with Crippen molar-refractivity contribution in [1.82, 2.24) is 9.88 Å². The van der Waals surface area contributed by atoms with E-state index in [1.165, 1.54) is 31.5 Å². The first-order valence-electron chi connectivity index (χ1n) is 9.16. The maximum atomic E-state index is 12.1. The van der Waals surface area contributed by atoms with E-state index in [2.05, 4.69) is 46.4 Å². The molecule has 1 aromatic carbocycles. The van der Waals surface area contributed by atoms with Crippen LogP contribution in [0.2, 0.25) is 0 Å². The predicted molar refractivity (Wildman–Crippen MR) is 102 cm³/mol. The van der Waals surface area contributed by atoms with Crippen molar-refractivity contribution < 1.29 is 4.79 Å². The highest BCUT2D eigenvalue weighted by Gasteiger charge is 2.20. The molecule has 1 N–H and O–H groups in total. The Hall–Kier alpha value is -2.20. The van der Waals surface area contributed by atoms with Crippen molar-refractivity contribution in [2.45, 2.75) is 39.7 Å². The third-order valence-corrected chi connectivity index (χ3v) is 4.92. The molecule has 0 spiro atoms. The standard InChI is InChI=1S/C21H27N3O/c1-15(2)21(25)23-19-10-7-11-22-20(19)18-9-6-8-17(14-18)16(3)24-12-4-5-13-24/h6-11,14-16H,4-5,12-13H2,1-3H3,(H,23,25)/t16-/m1/s1. The third-order valence-electron chi connectivity index (χ3n) is 4.92. The Morgan fingerprint density at radius 2 is 1.88 bits per heavy atom. The first-order valence-corrected chi connectivity index (χ1v) is 9.16. The highest BCUT2D eigenvalue weighted by atomic mass is 16.1. The first kappa shape index (κ1) is 17.6. The average molecular weight is 337 g/mol. The van der Waals surface area contributed by atoms with E-state index in [9.17, 15) is 4.79 Å². The van der Waals surface area contributed by atoms with E-state index in [0.717, 1.165) is 16.9 Å². The molecule has 4 heteroatoms. The molecule has 1 atom stereocenters. The van der Waals surface area contributed by atoms with Crippen molar-refractivity contribution in [2.24, 2.45) is 5.92 Å². The normalized spacial score (nSPS) is 16.2. The number of hydrogen-bond donors (Lipinski definition) is 1. The lowest BCUT2D eigenvalue weighted by molar-refractivity contribution is -0.118. The van der Waals surface area contributed by atoms with Crippen LogP contribution in [0.25, 0.3) is 11.3 Å². The molecule has 4 nitrogen and oxygen atoms in total. The monoisotopic (exact) mass is 337 g/mol. The number of likely N-dealkylation sites (tertiary alicyclic amines) is 1. The molecule has 1 aliphatic heterocycles. The van der Waals surface area contributed by atoms with Gasteiger partial charge in [-0.2, -0.15) is 0 Å². The molecular weight excluding hydrogens is 310 g/mol. The number of anilines is 1. The van der Waals surface area contributed by atoms with E-state index < -0.39 is 0 Å². The molecule has 1 aliphatic rings. The number of carbonyl (C=O) groups excluding carboxylic acids is 1. The van der Waals surface area contributed by atoms with Crippen LogP contribution in [0.4, 0.5) is 5.69 Å². The van der Waals surface area contributed by atoms with Gasteiger partial charge >= 0.3 is 0 Å². The Morgan fingerprint density at radius 3 is 2.60 bits per heavy atom. The Kier molecular flexibility index (Phi) is 5.49. The second-order valence-corrected chi connectivity index (χ2v) is 7.09. The SMILES string of the molecule is CC(C)C(=O)Nc1cccnc1-c1cccc([C@@H](C)N2CCCC2)c1. The van der Waals surface area contributed by atoms with Crippen molar-refractivity contribution in [3.8, 4) is 11.3 Å². The van der Waals surface area contributed by atoms with Crippen LogP contribution in [-0.4, -0.2) is 28.9 Å². The molecular formula is C21H27N3O. The average Bonchev–Trinajstić information content (AvgIpc) is 3.16. The van der Waals surface area contributed by atoms with Crippen LogP contribution in [0.1, 0.15) is 45.2 Å². The molecule has 1 saturated heterocycles. The van der Waals surface area contributed by atoms with Crippen LogP contribution in [0, 0.1) is 5.92 Å². The molecule has 2 heterocycles. The van der Waals surface area contributed by atoms with Crippen molar-refractivity contribution in [2.75, 3.05) is 18.4 Å². The molecule has 25 heavy (non-hydrogen) atoms. The summed E-state index contributed by atoms with van der Waals surface area (Å²) in [5.74, 6) is -0.0505. The van der Waals surface area contributed by atoms with Gasteiger partial charge in [0.1, 0.15) is 0 Å². The number of aromatic nitrogens is 1. The van der Waals surface area contributed by atoms with Gasteiger partial charge < -0.3 is 5.32 Å². The van der Waals surface area contributed by atoms with Gasteiger partial charge in [0.2, 0.25) is 5.91 Å². The first-order chi connectivity index (χ1) is 12.1. The van der Waals surface area contributed by atoms with E-state index in [0.29, 0.717) is 6.04 Å². The summed E-state index contributed by atoms with van der Waals surface area (Å²) in [7, 11) is 0. The Labute approximate surface area is 150 Å². The van der Waals surface area contributed by atoms with E-state index in [4.69, 9.17) is 0 Å². The number of carbonyl (C=O) groups is 1. The quantitative estimate of drug-likeness (QED) is 0.874. The zero-order valence-electron chi connectivity index (χ0n) is 15.3. The van der Waals surface area contributed by atoms with Crippen LogP contribution in [0.15, 0.2) is 42.6 Å². The minimum atomic E-state index is -0.0606. The molecule has 3 rings (SSSR count).